The van der Waals surface area contributed by atoms with E-state index in [0.29, 0.717) is 25.5 Å². The van der Waals surface area contributed by atoms with Gasteiger partial charge in [-0.15, -0.1) is 11.3 Å². The average molecular weight is 408 g/mol. The molecule has 0 unspecified atom stereocenters. The first-order valence-electron chi connectivity index (χ1n) is 9.06. The second-order valence-electron chi connectivity index (χ2n) is 6.46. The molecule has 0 amide bonds. The van der Waals surface area contributed by atoms with Crippen LogP contribution in [0.5, 0.6) is 0 Å². The highest BCUT2D eigenvalue weighted by molar-refractivity contribution is 7.98. The fourth-order valence-corrected chi connectivity index (χ4v) is 5.18. The van der Waals surface area contributed by atoms with Crippen molar-refractivity contribution in [1.29, 1.82) is 0 Å². The number of thioether (sulfide) groups is 1. The Morgan fingerprint density at radius 2 is 2.04 bits per heavy atom. The van der Waals surface area contributed by atoms with Gasteiger partial charge in [-0.3, -0.25) is 9.36 Å². The van der Waals surface area contributed by atoms with Gasteiger partial charge >= 0.3 is 0 Å². The number of fused-ring (bicyclic) bond motifs is 1. The maximum Gasteiger partial charge on any atom is 0.263 e. The van der Waals surface area contributed by atoms with Gasteiger partial charge in [0.25, 0.3) is 5.56 Å². The second kappa shape index (κ2) is 8.58. The molecule has 0 aliphatic carbocycles. The topological polar surface area (TPSA) is 70.2 Å². The molecule has 0 aliphatic heterocycles. The standard InChI is InChI=1S/C19H25N3O3S2/c1-6-24-9-7-8-22-18(23)16-11(2)14(5)27-17(16)20-19(22)26-10-15-12(3)21-25-13(15)4/h6-10H2,1-5H3. The summed E-state index contributed by atoms with van der Waals surface area (Å²) in [5.74, 6) is 1.49. The van der Waals surface area contributed by atoms with Crippen LogP contribution < -0.4 is 5.56 Å². The van der Waals surface area contributed by atoms with Crippen LogP contribution in [-0.4, -0.2) is 27.9 Å². The van der Waals surface area contributed by atoms with Crippen LogP contribution in [0.3, 0.4) is 0 Å². The van der Waals surface area contributed by atoms with Gasteiger partial charge in [-0.2, -0.15) is 0 Å². The Morgan fingerprint density at radius 3 is 2.70 bits per heavy atom. The van der Waals surface area contributed by atoms with E-state index >= 15 is 0 Å². The number of aryl methyl sites for hydroxylation is 4. The Bertz CT molecular complexity index is 984. The van der Waals surface area contributed by atoms with E-state index < -0.39 is 0 Å². The molecular formula is C19H25N3O3S2. The molecule has 0 radical (unpaired) electrons. The summed E-state index contributed by atoms with van der Waals surface area (Å²) in [7, 11) is 0. The summed E-state index contributed by atoms with van der Waals surface area (Å²) in [6.45, 7) is 11.8. The lowest BCUT2D eigenvalue weighted by Crippen LogP contribution is -2.24. The minimum atomic E-state index is 0.0413. The lowest BCUT2D eigenvalue weighted by atomic mass is 10.2. The maximum atomic E-state index is 13.2. The first-order valence-corrected chi connectivity index (χ1v) is 10.9. The van der Waals surface area contributed by atoms with Gasteiger partial charge in [0.15, 0.2) is 5.16 Å². The van der Waals surface area contributed by atoms with Crippen molar-refractivity contribution >= 4 is 33.3 Å². The highest BCUT2D eigenvalue weighted by atomic mass is 32.2. The van der Waals surface area contributed by atoms with Crippen LogP contribution in [0.4, 0.5) is 0 Å². The number of thiophene rings is 1. The van der Waals surface area contributed by atoms with Crippen LogP contribution in [-0.2, 0) is 17.0 Å². The Kier molecular flexibility index (Phi) is 6.39. The summed E-state index contributed by atoms with van der Waals surface area (Å²) in [6, 6.07) is 0. The lowest BCUT2D eigenvalue weighted by molar-refractivity contribution is 0.140. The van der Waals surface area contributed by atoms with Gasteiger partial charge in [0.05, 0.1) is 11.1 Å². The summed E-state index contributed by atoms with van der Waals surface area (Å²) in [5.41, 5.74) is 3.02. The molecule has 0 saturated heterocycles. The van der Waals surface area contributed by atoms with Gasteiger partial charge in [-0.05, 0) is 46.6 Å². The third-order valence-electron chi connectivity index (χ3n) is 4.66. The van der Waals surface area contributed by atoms with E-state index in [9.17, 15) is 4.79 Å². The quantitative estimate of drug-likeness (QED) is 0.313. The average Bonchev–Trinajstić information content (AvgIpc) is 3.10. The Labute approximate surface area is 166 Å². The molecule has 3 rings (SSSR count). The molecule has 3 aromatic heterocycles. The number of rotatable bonds is 8. The number of hydrogen-bond donors (Lipinski definition) is 0. The minimum absolute atomic E-state index is 0.0413. The van der Waals surface area contributed by atoms with E-state index in [1.54, 1.807) is 27.7 Å². The molecule has 0 bridgehead atoms. The van der Waals surface area contributed by atoms with Crippen LogP contribution in [0, 0.1) is 27.7 Å². The van der Waals surface area contributed by atoms with E-state index in [2.05, 4.69) is 5.16 Å². The van der Waals surface area contributed by atoms with Crippen molar-refractivity contribution in [3.05, 3.63) is 37.8 Å². The first kappa shape index (κ1) is 20.1. The van der Waals surface area contributed by atoms with Crippen molar-refractivity contribution in [1.82, 2.24) is 14.7 Å². The molecule has 0 atom stereocenters. The minimum Gasteiger partial charge on any atom is -0.382 e. The van der Waals surface area contributed by atoms with Crippen molar-refractivity contribution in [2.45, 2.75) is 58.5 Å². The second-order valence-corrected chi connectivity index (χ2v) is 8.60. The Morgan fingerprint density at radius 1 is 1.26 bits per heavy atom. The van der Waals surface area contributed by atoms with Crippen LogP contribution in [0.15, 0.2) is 14.5 Å². The SMILES string of the molecule is CCOCCCn1c(SCc2c(C)noc2C)nc2sc(C)c(C)c2c1=O. The molecular weight excluding hydrogens is 382 g/mol. The molecule has 27 heavy (non-hydrogen) atoms. The smallest absolute Gasteiger partial charge is 0.263 e. The molecule has 3 heterocycles. The number of aromatic nitrogens is 3. The molecule has 0 fully saturated rings. The van der Waals surface area contributed by atoms with Gasteiger partial charge in [0, 0.05) is 36.0 Å². The van der Waals surface area contributed by atoms with Crippen molar-refractivity contribution < 1.29 is 9.26 Å². The van der Waals surface area contributed by atoms with Crippen molar-refractivity contribution in [2.75, 3.05) is 13.2 Å². The summed E-state index contributed by atoms with van der Waals surface area (Å²) >= 11 is 3.14. The highest BCUT2D eigenvalue weighted by Gasteiger charge is 2.18. The predicted molar refractivity (Wildman–Crippen MR) is 110 cm³/mol. The van der Waals surface area contributed by atoms with Crippen LogP contribution in [0.25, 0.3) is 10.2 Å². The molecule has 6 nitrogen and oxygen atoms in total. The third-order valence-corrected chi connectivity index (χ3v) is 6.76. The monoisotopic (exact) mass is 407 g/mol. The zero-order valence-electron chi connectivity index (χ0n) is 16.4. The van der Waals surface area contributed by atoms with Gasteiger partial charge in [-0.25, -0.2) is 4.98 Å². The third kappa shape index (κ3) is 4.12. The van der Waals surface area contributed by atoms with Gasteiger partial charge < -0.3 is 9.26 Å². The fraction of sp³-hybridized carbons (Fsp3) is 0.526. The molecule has 146 valence electrons. The lowest BCUT2D eigenvalue weighted by Gasteiger charge is -2.12. The van der Waals surface area contributed by atoms with Crippen LogP contribution in [0.2, 0.25) is 0 Å². The Balaban J connectivity index is 1.96. The molecule has 0 spiro atoms. The molecule has 0 aromatic carbocycles. The van der Waals surface area contributed by atoms with E-state index in [1.807, 2.05) is 34.6 Å². The summed E-state index contributed by atoms with van der Waals surface area (Å²) in [6.07, 6.45) is 0.780. The van der Waals surface area contributed by atoms with Gasteiger partial charge in [-0.1, -0.05) is 16.9 Å². The molecule has 0 saturated carbocycles. The predicted octanol–water partition coefficient (Wildman–Crippen LogP) is 4.40. The first-order chi connectivity index (χ1) is 12.9. The van der Waals surface area contributed by atoms with Gasteiger partial charge in [0.2, 0.25) is 0 Å². The van der Waals surface area contributed by atoms with Crippen molar-refractivity contribution in [3.8, 4) is 0 Å². The summed E-state index contributed by atoms with van der Waals surface area (Å²) in [4.78, 5) is 20.0. The van der Waals surface area contributed by atoms with E-state index in [-0.39, 0.29) is 5.56 Å². The summed E-state index contributed by atoms with van der Waals surface area (Å²) < 4.78 is 12.5. The van der Waals surface area contributed by atoms with Crippen LogP contribution in [0.1, 0.15) is 40.8 Å². The zero-order chi connectivity index (χ0) is 19.6. The van der Waals surface area contributed by atoms with E-state index in [1.165, 1.54) is 0 Å². The molecule has 0 N–H and O–H groups in total. The summed E-state index contributed by atoms with van der Waals surface area (Å²) in [5, 5.41) is 5.50. The number of hydrogen-bond acceptors (Lipinski definition) is 7. The van der Waals surface area contributed by atoms with Crippen molar-refractivity contribution in [2.24, 2.45) is 0 Å². The zero-order valence-corrected chi connectivity index (χ0v) is 18.1. The highest BCUT2D eigenvalue weighted by Crippen LogP contribution is 2.30. The van der Waals surface area contributed by atoms with E-state index in [4.69, 9.17) is 14.2 Å². The maximum absolute atomic E-state index is 13.2. The number of nitrogens with zero attached hydrogens (tertiary/aromatic N) is 3. The molecule has 8 heteroatoms. The normalized spacial score (nSPS) is 11.6. The van der Waals surface area contributed by atoms with Gasteiger partial charge in [0.1, 0.15) is 10.6 Å². The number of ether oxygens (including phenoxy) is 1. The fourth-order valence-electron chi connectivity index (χ4n) is 2.93. The molecule has 0 aliphatic rings. The Hall–Kier alpha value is -1.64. The van der Waals surface area contributed by atoms with Crippen molar-refractivity contribution in [3.63, 3.8) is 0 Å². The molecule has 3 aromatic rings. The largest absolute Gasteiger partial charge is 0.382 e. The van der Waals surface area contributed by atoms with Crippen LogP contribution >= 0.6 is 23.1 Å². The van der Waals surface area contributed by atoms with E-state index in [0.717, 1.165) is 49.3 Å².